The Hall–Kier alpha value is -0.440. The summed E-state index contributed by atoms with van der Waals surface area (Å²) in [4.78, 5) is 11.5. The van der Waals surface area contributed by atoms with Gasteiger partial charge in [-0.15, -0.1) is 0 Å². The van der Waals surface area contributed by atoms with Gasteiger partial charge in [0.25, 0.3) is 0 Å². The smallest absolute Gasteiger partial charge is 0.339 e. The number of halogens is 1. The molecule has 0 saturated carbocycles. The minimum atomic E-state index is -2.06. The highest BCUT2D eigenvalue weighted by Crippen LogP contribution is 2.13. The lowest BCUT2D eigenvalue weighted by Gasteiger charge is -2.25. The van der Waals surface area contributed by atoms with Crippen molar-refractivity contribution in [3.05, 3.63) is 0 Å². The van der Waals surface area contributed by atoms with Gasteiger partial charge in [0.1, 0.15) is 18.3 Å². The highest BCUT2D eigenvalue weighted by molar-refractivity contribution is 6.20. The fourth-order valence-corrected chi connectivity index (χ4v) is 1.71. The lowest BCUT2D eigenvalue weighted by atomic mass is 10.0. The molecule has 0 aromatic rings. The van der Waals surface area contributed by atoms with E-state index in [1.807, 2.05) is 6.92 Å². The van der Waals surface area contributed by atoms with Crippen LogP contribution in [0.2, 0.25) is 0 Å². The van der Waals surface area contributed by atoms with Crippen LogP contribution in [0.3, 0.4) is 0 Å². The number of aliphatic hydroxyl groups excluding tert-OH is 5. The number of ether oxygens (including phenoxy) is 1. The molecule has 5 atom stereocenters. The lowest BCUT2D eigenvalue weighted by Crippen LogP contribution is -2.49. The maximum absolute atomic E-state index is 11.5. The summed E-state index contributed by atoms with van der Waals surface area (Å²) in [6.45, 7) is 1.18. The summed E-state index contributed by atoms with van der Waals surface area (Å²) in [6.07, 6.45) is -4.53. The van der Waals surface area contributed by atoms with Crippen molar-refractivity contribution < 1.29 is 35.1 Å². The van der Waals surface area contributed by atoms with Crippen molar-refractivity contribution in [3.8, 4) is 0 Å². The first-order chi connectivity index (χ1) is 9.34. The van der Waals surface area contributed by atoms with Crippen molar-refractivity contribution in [1.29, 1.82) is 0 Å². The fraction of sp³-hybridized carbons (Fsp3) is 0.917. The topological polar surface area (TPSA) is 127 Å². The van der Waals surface area contributed by atoms with Crippen LogP contribution >= 0.6 is 11.6 Å². The predicted molar refractivity (Wildman–Crippen MR) is 71.0 cm³/mol. The van der Waals surface area contributed by atoms with Crippen LogP contribution in [-0.2, 0) is 9.53 Å². The van der Waals surface area contributed by atoms with Gasteiger partial charge >= 0.3 is 5.97 Å². The quantitative estimate of drug-likeness (QED) is 0.201. The molecule has 20 heavy (non-hydrogen) atoms. The molecule has 0 aromatic carbocycles. The third kappa shape index (κ3) is 6.83. The van der Waals surface area contributed by atoms with Crippen LogP contribution < -0.4 is 0 Å². The number of carbonyl (C=O) groups excluding carboxylic acids is 1. The van der Waals surface area contributed by atoms with Gasteiger partial charge in [-0.25, -0.2) is 4.79 Å². The molecule has 0 fully saturated rings. The third-order valence-corrected chi connectivity index (χ3v) is 3.08. The van der Waals surface area contributed by atoms with E-state index in [2.05, 4.69) is 0 Å². The molecular formula is C12H23ClO7. The predicted octanol–water partition coefficient (Wildman–Crippen LogP) is -0.889. The maximum Gasteiger partial charge on any atom is 0.339 e. The minimum Gasteiger partial charge on any atom is -0.444 e. The van der Waals surface area contributed by atoms with Gasteiger partial charge in [0.2, 0.25) is 0 Å². The van der Waals surface area contributed by atoms with Gasteiger partial charge in [-0.1, -0.05) is 31.4 Å². The van der Waals surface area contributed by atoms with Crippen molar-refractivity contribution in [2.75, 3.05) is 6.61 Å². The lowest BCUT2D eigenvalue weighted by molar-refractivity contribution is -0.172. The van der Waals surface area contributed by atoms with E-state index in [1.165, 1.54) is 0 Å². The number of rotatable bonds is 10. The Morgan fingerprint density at radius 1 is 1.15 bits per heavy atom. The summed E-state index contributed by atoms with van der Waals surface area (Å²) in [5, 5.41) is 46.0. The Labute approximate surface area is 122 Å². The molecule has 1 unspecified atom stereocenters. The van der Waals surface area contributed by atoms with Crippen LogP contribution in [0.5, 0.6) is 0 Å². The van der Waals surface area contributed by atoms with Gasteiger partial charge in [-0.2, -0.15) is 0 Å². The van der Waals surface area contributed by atoms with Crippen LogP contribution in [0.15, 0.2) is 0 Å². The maximum atomic E-state index is 11.5. The van der Waals surface area contributed by atoms with Gasteiger partial charge in [0.15, 0.2) is 11.7 Å². The molecule has 0 aromatic heterocycles. The zero-order chi connectivity index (χ0) is 15.7. The molecule has 8 heteroatoms. The van der Waals surface area contributed by atoms with Crippen molar-refractivity contribution in [3.63, 3.8) is 0 Å². The highest BCUT2D eigenvalue weighted by atomic mass is 35.5. The van der Waals surface area contributed by atoms with Gasteiger partial charge < -0.3 is 30.3 Å². The number of aliphatic hydroxyl groups is 5. The monoisotopic (exact) mass is 314 g/mol. The van der Waals surface area contributed by atoms with E-state index < -0.39 is 42.6 Å². The van der Waals surface area contributed by atoms with Crippen LogP contribution in [0.4, 0.5) is 0 Å². The van der Waals surface area contributed by atoms with E-state index in [-0.39, 0.29) is 0 Å². The van der Waals surface area contributed by atoms with Gasteiger partial charge in [0.05, 0.1) is 6.61 Å². The van der Waals surface area contributed by atoms with Crippen LogP contribution in [0, 0.1) is 0 Å². The zero-order valence-electron chi connectivity index (χ0n) is 11.4. The van der Waals surface area contributed by atoms with E-state index in [0.29, 0.717) is 6.42 Å². The zero-order valence-corrected chi connectivity index (χ0v) is 12.1. The molecular weight excluding hydrogens is 292 g/mol. The van der Waals surface area contributed by atoms with E-state index in [1.54, 1.807) is 0 Å². The third-order valence-electron chi connectivity index (χ3n) is 2.77. The molecule has 0 rings (SSSR count). The van der Waals surface area contributed by atoms with Gasteiger partial charge in [-0.05, 0) is 12.8 Å². The number of hydrogen-bond acceptors (Lipinski definition) is 7. The molecule has 0 aliphatic heterocycles. The number of esters is 1. The molecule has 0 heterocycles. The van der Waals surface area contributed by atoms with Crippen molar-refractivity contribution in [2.45, 2.75) is 62.6 Å². The van der Waals surface area contributed by atoms with E-state index >= 15 is 0 Å². The summed E-state index contributed by atoms with van der Waals surface area (Å²) < 4.78 is 4.70. The first kappa shape index (κ1) is 19.6. The highest BCUT2D eigenvalue weighted by Gasteiger charge is 2.35. The minimum absolute atomic E-state index is 0.409. The molecule has 0 bridgehead atoms. The summed E-state index contributed by atoms with van der Waals surface area (Å²) >= 11 is 5.74. The van der Waals surface area contributed by atoms with E-state index in [4.69, 9.17) is 26.6 Å². The molecule has 0 aliphatic rings. The number of alkyl halides is 1. The first-order valence-corrected chi connectivity index (χ1v) is 6.96. The number of hydrogen-bond donors (Lipinski definition) is 5. The van der Waals surface area contributed by atoms with E-state index in [0.717, 1.165) is 19.3 Å². The van der Waals surface area contributed by atoms with Crippen LogP contribution in [-0.4, -0.2) is 68.1 Å². The van der Waals surface area contributed by atoms with Gasteiger partial charge in [-0.3, -0.25) is 0 Å². The second-order valence-corrected chi connectivity index (χ2v) is 5.01. The van der Waals surface area contributed by atoms with Crippen molar-refractivity contribution in [1.82, 2.24) is 0 Å². The second-order valence-electron chi connectivity index (χ2n) is 4.52. The number of carbonyl (C=O) groups is 1. The molecule has 5 N–H and O–H groups in total. The fourth-order valence-electron chi connectivity index (χ4n) is 1.47. The Morgan fingerprint density at radius 2 is 1.75 bits per heavy atom. The molecule has 120 valence electrons. The largest absolute Gasteiger partial charge is 0.444 e. The van der Waals surface area contributed by atoms with Crippen molar-refractivity contribution in [2.24, 2.45) is 0 Å². The molecule has 7 nitrogen and oxygen atoms in total. The normalized spacial score (nSPS) is 18.9. The van der Waals surface area contributed by atoms with Gasteiger partial charge in [0, 0.05) is 0 Å². The van der Waals surface area contributed by atoms with E-state index in [9.17, 15) is 20.1 Å². The van der Waals surface area contributed by atoms with Crippen LogP contribution in [0.1, 0.15) is 32.6 Å². The SMILES string of the molecule is CCCCCC(Cl)OC(=O)[C@H](O)[C@@H](O)[C@H](O)[C@H](O)CO. The number of unbranched alkanes of at least 4 members (excludes halogenated alkanes) is 2. The van der Waals surface area contributed by atoms with Crippen LogP contribution in [0.25, 0.3) is 0 Å². The summed E-state index contributed by atoms with van der Waals surface area (Å²) in [6, 6.07) is 0. The molecule has 0 saturated heterocycles. The first-order valence-electron chi connectivity index (χ1n) is 6.52. The molecule has 0 amide bonds. The molecule has 0 aliphatic carbocycles. The average Bonchev–Trinajstić information content (AvgIpc) is 2.44. The Bertz CT molecular complexity index is 277. The molecule has 0 spiro atoms. The standard InChI is InChI=1S/C12H23ClO7/c1-2-3-4-5-8(13)20-12(19)11(18)10(17)9(16)7(15)6-14/h7-11,14-18H,2-6H2,1H3/t7-,8?,9-,10+,11-/m1/s1. The second kappa shape index (κ2) is 10.3. The average molecular weight is 315 g/mol. The summed E-state index contributed by atoms with van der Waals surface area (Å²) in [7, 11) is 0. The Morgan fingerprint density at radius 3 is 2.25 bits per heavy atom. The Kier molecular flexibility index (Phi) is 10.1. The summed E-state index contributed by atoms with van der Waals surface area (Å²) in [5.41, 5.74) is -0.934. The molecule has 0 radical (unpaired) electrons. The summed E-state index contributed by atoms with van der Waals surface area (Å²) in [5.74, 6) is -1.20. The van der Waals surface area contributed by atoms with Crippen molar-refractivity contribution >= 4 is 17.6 Å². The Balaban J connectivity index is 4.25.